The molecule has 0 radical (unpaired) electrons. The Morgan fingerprint density at radius 3 is 2.05 bits per heavy atom. The Morgan fingerprint density at radius 1 is 0.789 bits per heavy atom. The second-order valence-electron chi connectivity index (χ2n) is 6.44. The third-order valence-corrected chi connectivity index (χ3v) is 4.73. The summed E-state index contributed by atoms with van der Waals surface area (Å²) in [6.07, 6.45) is 12.7. The zero-order chi connectivity index (χ0) is 12.9. The van der Waals surface area contributed by atoms with Crippen molar-refractivity contribution in [3.63, 3.8) is 0 Å². The monoisotopic (exact) mass is 257 g/mol. The van der Waals surface area contributed by atoms with Gasteiger partial charge in [0.05, 0.1) is 0 Å². The van der Waals surface area contributed by atoms with E-state index in [1.807, 2.05) is 0 Å². The van der Waals surface area contributed by atoms with Gasteiger partial charge >= 0.3 is 0 Å². The van der Waals surface area contributed by atoms with Crippen molar-refractivity contribution in [2.24, 2.45) is 0 Å². The molecule has 1 heteroatoms. The second-order valence-corrected chi connectivity index (χ2v) is 6.44. The Labute approximate surface area is 117 Å². The smallest absolute Gasteiger partial charge is 0.0208 e. The van der Waals surface area contributed by atoms with Crippen molar-refractivity contribution in [1.82, 2.24) is 5.32 Å². The zero-order valence-electron chi connectivity index (χ0n) is 12.0. The van der Waals surface area contributed by atoms with E-state index >= 15 is 0 Å². The highest BCUT2D eigenvalue weighted by Gasteiger charge is 2.22. The first-order chi connectivity index (χ1) is 9.42. The van der Waals surface area contributed by atoms with Crippen LogP contribution in [0.1, 0.15) is 74.8 Å². The predicted molar refractivity (Wildman–Crippen MR) is 81.4 cm³/mol. The van der Waals surface area contributed by atoms with Gasteiger partial charge in [-0.3, -0.25) is 0 Å². The van der Waals surface area contributed by atoms with Gasteiger partial charge in [-0.2, -0.15) is 0 Å². The molecule has 0 unspecified atom stereocenters. The van der Waals surface area contributed by atoms with E-state index in [9.17, 15) is 0 Å². The van der Waals surface area contributed by atoms with Crippen LogP contribution < -0.4 is 5.32 Å². The molecule has 0 amide bonds. The molecule has 2 saturated carbocycles. The molecule has 0 atom stereocenters. The van der Waals surface area contributed by atoms with Crippen LogP contribution in [-0.4, -0.2) is 6.04 Å². The SMILES string of the molecule is c1cc(C2CC2)ccc1CNC1CCCCCCC1. The molecular weight excluding hydrogens is 230 g/mol. The van der Waals surface area contributed by atoms with Crippen molar-refractivity contribution in [3.05, 3.63) is 35.4 Å². The summed E-state index contributed by atoms with van der Waals surface area (Å²) in [6, 6.07) is 10.1. The van der Waals surface area contributed by atoms with Crippen LogP contribution in [-0.2, 0) is 6.54 Å². The molecule has 1 N–H and O–H groups in total. The third kappa shape index (κ3) is 4.07. The molecule has 0 aromatic heterocycles. The lowest BCUT2D eigenvalue weighted by Crippen LogP contribution is -2.29. The van der Waals surface area contributed by atoms with Crippen LogP contribution in [0.5, 0.6) is 0 Å². The van der Waals surface area contributed by atoms with Gasteiger partial charge in [-0.1, -0.05) is 56.4 Å². The highest BCUT2D eigenvalue weighted by atomic mass is 14.9. The van der Waals surface area contributed by atoms with Gasteiger partial charge in [-0.05, 0) is 42.7 Å². The van der Waals surface area contributed by atoms with Crippen LogP contribution in [0.25, 0.3) is 0 Å². The summed E-state index contributed by atoms with van der Waals surface area (Å²) in [5.41, 5.74) is 3.00. The Kier molecular flexibility index (Phi) is 4.55. The van der Waals surface area contributed by atoms with Crippen molar-refractivity contribution in [2.45, 2.75) is 76.3 Å². The number of nitrogens with one attached hydrogen (secondary N) is 1. The Bertz CT molecular complexity index is 369. The molecule has 0 heterocycles. The van der Waals surface area contributed by atoms with E-state index in [4.69, 9.17) is 0 Å². The van der Waals surface area contributed by atoms with E-state index in [2.05, 4.69) is 29.6 Å². The fourth-order valence-corrected chi connectivity index (χ4v) is 3.25. The maximum atomic E-state index is 3.77. The van der Waals surface area contributed by atoms with E-state index in [1.165, 1.54) is 63.4 Å². The minimum atomic E-state index is 0.753. The number of benzene rings is 1. The predicted octanol–water partition coefficient (Wildman–Crippen LogP) is 4.77. The van der Waals surface area contributed by atoms with Gasteiger partial charge in [0.1, 0.15) is 0 Å². The Morgan fingerprint density at radius 2 is 1.42 bits per heavy atom. The second kappa shape index (κ2) is 6.56. The summed E-state index contributed by atoms with van der Waals surface area (Å²) in [4.78, 5) is 0. The first kappa shape index (κ1) is 13.2. The fourth-order valence-electron chi connectivity index (χ4n) is 3.25. The molecule has 1 aromatic rings. The van der Waals surface area contributed by atoms with Crippen molar-refractivity contribution < 1.29 is 0 Å². The fraction of sp³-hybridized carbons (Fsp3) is 0.667. The van der Waals surface area contributed by atoms with E-state index < -0.39 is 0 Å². The third-order valence-electron chi connectivity index (χ3n) is 4.73. The standard InChI is InChI=1S/C18H27N/c1-2-4-6-18(7-5-3-1)19-14-15-8-10-16(11-9-15)17-12-13-17/h8-11,17-19H,1-7,12-14H2. The minimum Gasteiger partial charge on any atom is -0.310 e. The summed E-state index contributed by atoms with van der Waals surface area (Å²) < 4.78 is 0. The summed E-state index contributed by atoms with van der Waals surface area (Å²) in [5.74, 6) is 0.882. The molecule has 0 aliphatic heterocycles. The maximum Gasteiger partial charge on any atom is 0.0208 e. The van der Waals surface area contributed by atoms with Gasteiger partial charge in [0.15, 0.2) is 0 Å². The van der Waals surface area contributed by atoms with E-state index in [0.29, 0.717) is 0 Å². The summed E-state index contributed by atoms with van der Waals surface area (Å²) in [5, 5.41) is 3.77. The molecule has 104 valence electrons. The lowest BCUT2D eigenvalue weighted by atomic mass is 9.96. The first-order valence-electron chi connectivity index (χ1n) is 8.24. The van der Waals surface area contributed by atoms with Crippen molar-refractivity contribution in [3.8, 4) is 0 Å². The minimum absolute atomic E-state index is 0.753. The van der Waals surface area contributed by atoms with Crippen molar-refractivity contribution >= 4 is 0 Å². The first-order valence-corrected chi connectivity index (χ1v) is 8.24. The largest absolute Gasteiger partial charge is 0.310 e. The normalized spacial score (nSPS) is 21.9. The van der Waals surface area contributed by atoms with Gasteiger partial charge < -0.3 is 5.32 Å². The van der Waals surface area contributed by atoms with Crippen LogP contribution in [0.15, 0.2) is 24.3 Å². The quantitative estimate of drug-likeness (QED) is 0.819. The van der Waals surface area contributed by atoms with Gasteiger partial charge in [-0.25, -0.2) is 0 Å². The molecule has 0 spiro atoms. The number of rotatable bonds is 4. The summed E-state index contributed by atoms with van der Waals surface area (Å²) >= 11 is 0. The van der Waals surface area contributed by atoms with Crippen molar-refractivity contribution in [2.75, 3.05) is 0 Å². The van der Waals surface area contributed by atoms with E-state index in [0.717, 1.165) is 18.5 Å². The van der Waals surface area contributed by atoms with Crippen molar-refractivity contribution in [1.29, 1.82) is 0 Å². The average molecular weight is 257 g/mol. The summed E-state index contributed by atoms with van der Waals surface area (Å²) in [6.45, 7) is 1.05. The Hall–Kier alpha value is -0.820. The van der Waals surface area contributed by atoms with Crippen LogP contribution in [0.2, 0.25) is 0 Å². The molecule has 2 fully saturated rings. The van der Waals surface area contributed by atoms with E-state index in [1.54, 1.807) is 5.56 Å². The number of hydrogen-bond donors (Lipinski definition) is 1. The lowest BCUT2D eigenvalue weighted by molar-refractivity contribution is 0.389. The topological polar surface area (TPSA) is 12.0 Å². The van der Waals surface area contributed by atoms with Crippen LogP contribution in [0, 0.1) is 0 Å². The molecule has 1 aromatic carbocycles. The Balaban J connectivity index is 1.47. The highest BCUT2D eigenvalue weighted by Crippen LogP contribution is 2.39. The molecular formula is C18H27N. The lowest BCUT2D eigenvalue weighted by Gasteiger charge is -2.21. The van der Waals surface area contributed by atoms with Crippen LogP contribution in [0.3, 0.4) is 0 Å². The molecule has 3 rings (SSSR count). The maximum absolute atomic E-state index is 3.77. The molecule has 19 heavy (non-hydrogen) atoms. The molecule has 0 bridgehead atoms. The van der Waals surface area contributed by atoms with Gasteiger partial charge in [-0.15, -0.1) is 0 Å². The molecule has 2 aliphatic carbocycles. The van der Waals surface area contributed by atoms with Crippen LogP contribution in [0.4, 0.5) is 0 Å². The molecule has 2 aliphatic rings. The van der Waals surface area contributed by atoms with Gasteiger partial charge in [0.25, 0.3) is 0 Å². The van der Waals surface area contributed by atoms with E-state index in [-0.39, 0.29) is 0 Å². The van der Waals surface area contributed by atoms with Gasteiger partial charge in [0.2, 0.25) is 0 Å². The average Bonchev–Trinajstić information content (AvgIpc) is 3.22. The van der Waals surface area contributed by atoms with Gasteiger partial charge in [0, 0.05) is 12.6 Å². The summed E-state index contributed by atoms with van der Waals surface area (Å²) in [7, 11) is 0. The molecule has 1 nitrogen and oxygen atoms in total. The van der Waals surface area contributed by atoms with Crippen LogP contribution >= 0.6 is 0 Å². The highest BCUT2D eigenvalue weighted by molar-refractivity contribution is 5.27. The molecule has 0 saturated heterocycles. The number of hydrogen-bond acceptors (Lipinski definition) is 1. The zero-order valence-corrected chi connectivity index (χ0v) is 12.0.